The number of hydrogen-bond donors (Lipinski definition) is 0. The monoisotopic (exact) mass is 458 g/mol. The summed E-state index contributed by atoms with van der Waals surface area (Å²) in [6.07, 6.45) is 5.75. The molecule has 1 fully saturated rings. The van der Waals surface area contributed by atoms with Gasteiger partial charge < -0.3 is 4.74 Å². The van der Waals surface area contributed by atoms with E-state index in [0.717, 1.165) is 16.7 Å². The van der Waals surface area contributed by atoms with Crippen LogP contribution < -0.4 is 0 Å². The lowest BCUT2D eigenvalue weighted by molar-refractivity contribution is -0.143. The molecule has 1 saturated heterocycles. The van der Waals surface area contributed by atoms with Gasteiger partial charge in [-0.15, -0.1) is 0 Å². The fourth-order valence-corrected chi connectivity index (χ4v) is 4.62. The summed E-state index contributed by atoms with van der Waals surface area (Å²) in [5.41, 5.74) is 2.60. The predicted octanol–water partition coefficient (Wildman–Crippen LogP) is 3.88. The standard InChI is InChI=1S/C26H26N4O4/c1-2-34-24(31)16-21-15-22-13-14-23(21)30-26(33)28(18-20-11-7-4-8-12-20)27(25(32)29(22)30)17-19-9-5-3-6-10-19/h3-15,22-23H,2,16-18H2,1H3. The van der Waals surface area contributed by atoms with E-state index >= 15 is 0 Å². The van der Waals surface area contributed by atoms with Gasteiger partial charge in [0.1, 0.15) is 0 Å². The molecule has 3 heterocycles. The fourth-order valence-electron chi connectivity index (χ4n) is 4.62. The third-order valence-corrected chi connectivity index (χ3v) is 6.16. The van der Waals surface area contributed by atoms with Gasteiger partial charge in [0.15, 0.2) is 0 Å². The van der Waals surface area contributed by atoms with Crippen molar-refractivity contribution in [3.05, 3.63) is 95.6 Å². The Kier molecular flexibility index (Phi) is 5.79. The van der Waals surface area contributed by atoms with E-state index in [-0.39, 0.29) is 37.5 Å². The highest BCUT2D eigenvalue weighted by Gasteiger charge is 2.51. The molecule has 4 amide bonds. The molecule has 2 aromatic carbocycles. The van der Waals surface area contributed by atoms with Crippen molar-refractivity contribution in [2.75, 3.05) is 6.61 Å². The highest BCUT2D eigenvalue weighted by molar-refractivity contribution is 5.89. The zero-order valence-corrected chi connectivity index (χ0v) is 18.9. The molecular formula is C26H26N4O4. The number of hydrazine groups is 2. The number of ether oxygens (including phenoxy) is 1. The topological polar surface area (TPSA) is 73.4 Å². The molecule has 2 aromatic rings. The van der Waals surface area contributed by atoms with Crippen molar-refractivity contribution in [2.24, 2.45) is 0 Å². The summed E-state index contributed by atoms with van der Waals surface area (Å²) in [7, 11) is 0. The Morgan fingerprint density at radius 3 is 1.94 bits per heavy atom. The summed E-state index contributed by atoms with van der Waals surface area (Å²) in [4.78, 5) is 39.9. The summed E-state index contributed by atoms with van der Waals surface area (Å²) >= 11 is 0. The van der Waals surface area contributed by atoms with Gasteiger partial charge in [0.05, 0.1) is 38.2 Å². The number of rotatable bonds is 7. The zero-order chi connectivity index (χ0) is 23.7. The Morgan fingerprint density at radius 2 is 1.38 bits per heavy atom. The van der Waals surface area contributed by atoms with Gasteiger partial charge in [-0.2, -0.15) is 0 Å². The van der Waals surface area contributed by atoms with Crippen LogP contribution in [-0.4, -0.2) is 56.8 Å². The zero-order valence-electron chi connectivity index (χ0n) is 18.9. The summed E-state index contributed by atoms with van der Waals surface area (Å²) < 4.78 is 5.11. The number of esters is 1. The second kappa shape index (κ2) is 9.05. The van der Waals surface area contributed by atoms with Crippen molar-refractivity contribution in [2.45, 2.75) is 38.5 Å². The largest absolute Gasteiger partial charge is 0.466 e. The van der Waals surface area contributed by atoms with Crippen LogP contribution in [0.5, 0.6) is 0 Å². The van der Waals surface area contributed by atoms with Crippen molar-refractivity contribution in [1.29, 1.82) is 0 Å². The van der Waals surface area contributed by atoms with Crippen molar-refractivity contribution in [1.82, 2.24) is 20.0 Å². The van der Waals surface area contributed by atoms with E-state index in [4.69, 9.17) is 4.74 Å². The van der Waals surface area contributed by atoms with E-state index in [1.54, 1.807) is 6.92 Å². The Labute approximate surface area is 198 Å². The first-order valence-corrected chi connectivity index (χ1v) is 11.4. The van der Waals surface area contributed by atoms with Gasteiger partial charge in [0.2, 0.25) is 0 Å². The number of urea groups is 2. The molecule has 8 heteroatoms. The molecular weight excluding hydrogens is 432 g/mol. The first-order valence-electron chi connectivity index (χ1n) is 11.4. The first kappa shape index (κ1) is 21.8. The second-order valence-corrected chi connectivity index (χ2v) is 8.38. The second-order valence-electron chi connectivity index (χ2n) is 8.38. The van der Waals surface area contributed by atoms with Gasteiger partial charge in [-0.05, 0) is 23.6 Å². The average molecular weight is 459 g/mol. The maximum Gasteiger partial charge on any atom is 0.359 e. The van der Waals surface area contributed by atoms with Crippen molar-refractivity contribution in [3.8, 4) is 0 Å². The van der Waals surface area contributed by atoms with Crippen LogP contribution in [0.4, 0.5) is 9.59 Å². The van der Waals surface area contributed by atoms with Crippen LogP contribution in [0.3, 0.4) is 0 Å². The van der Waals surface area contributed by atoms with E-state index in [0.29, 0.717) is 6.61 Å². The van der Waals surface area contributed by atoms with Gasteiger partial charge in [0.25, 0.3) is 0 Å². The van der Waals surface area contributed by atoms with Gasteiger partial charge in [-0.25, -0.2) is 29.6 Å². The quantitative estimate of drug-likeness (QED) is 0.466. The minimum Gasteiger partial charge on any atom is -0.466 e. The number of amides is 4. The number of carbonyl (C=O) groups is 3. The first-order chi connectivity index (χ1) is 16.6. The lowest BCUT2D eigenvalue weighted by atomic mass is 9.91. The third kappa shape index (κ3) is 3.91. The molecule has 0 spiro atoms. The molecule has 4 aliphatic rings. The Bertz CT molecular complexity index is 1150. The highest BCUT2D eigenvalue weighted by atomic mass is 16.5. The summed E-state index contributed by atoms with van der Waals surface area (Å²) in [6.45, 7) is 2.57. The van der Waals surface area contributed by atoms with Gasteiger partial charge in [0, 0.05) is 0 Å². The number of nitrogens with zero attached hydrogens (tertiary/aromatic N) is 4. The maximum atomic E-state index is 13.9. The summed E-state index contributed by atoms with van der Waals surface area (Å²) in [5, 5.41) is 5.98. The maximum absolute atomic E-state index is 13.9. The molecule has 2 unspecified atom stereocenters. The molecule has 8 nitrogen and oxygen atoms in total. The highest BCUT2D eigenvalue weighted by Crippen LogP contribution is 2.37. The molecule has 2 bridgehead atoms. The van der Waals surface area contributed by atoms with Crippen molar-refractivity contribution < 1.29 is 19.1 Å². The molecule has 3 aliphatic heterocycles. The average Bonchev–Trinajstić information content (AvgIpc) is 2.86. The van der Waals surface area contributed by atoms with Crippen LogP contribution in [0.1, 0.15) is 24.5 Å². The summed E-state index contributed by atoms with van der Waals surface area (Å²) in [6, 6.07) is 17.6. The third-order valence-electron chi connectivity index (χ3n) is 6.16. The van der Waals surface area contributed by atoms with Crippen LogP contribution in [0.25, 0.3) is 0 Å². The Hall–Kier alpha value is -4.07. The minimum absolute atomic E-state index is 0.0809. The van der Waals surface area contributed by atoms with Crippen LogP contribution in [-0.2, 0) is 22.6 Å². The molecule has 174 valence electrons. The van der Waals surface area contributed by atoms with Gasteiger partial charge in [-0.3, -0.25) is 4.79 Å². The molecule has 0 radical (unpaired) electrons. The lowest BCUT2D eigenvalue weighted by Crippen LogP contribution is -2.74. The lowest BCUT2D eigenvalue weighted by Gasteiger charge is -2.56. The van der Waals surface area contributed by atoms with Crippen LogP contribution in [0.2, 0.25) is 0 Å². The molecule has 34 heavy (non-hydrogen) atoms. The number of hydrogen-bond acceptors (Lipinski definition) is 4. The van der Waals surface area contributed by atoms with Crippen molar-refractivity contribution in [3.63, 3.8) is 0 Å². The van der Waals surface area contributed by atoms with E-state index in [2.05, 4.69) is 0 Å². The number of benzene rings is 2. The van der Waals surface area contributed by atoms with Gasteiger partial charge in [-0.1, -0.05) is 78.9 Å². The molecule has 0 N–H and O–H groups in total. The SMILES string of the molecule is CCOC(=O)CC1=CC2C=CC1N1C(=O)N(Cc3ccccc3)N(Cc3ccccc3)C(=O)N21. The molecule has 0 saturated carbocycles. The van der Waals surface area contributed by atoms with Gasteiger partial charge >= 0.3 is 18.0 Å². The molecule has 6 rings (SSSR count). The van der Waals surface area contributed by atoms with Crippen LogP contribution >= 0.6 is 0 Å². The van der Waals surface area contributed by atoms with Crippen LogP contribution in [0.15, 0.2) is 84.5 Å². The molecule has 2 atom stereocenters. The van der Waals surface area contributed by atoms with E-state index in [1.807, 2.05) is 78.9 Å². The number of carbonyl (C=O) groups excluding carboxylic acids is 3. The van der Waals surface area contributed by atoms with Crippen molar-refractivity contribution >= 4 is 18.0 Å². The minimum atomic E-state index is -0.511. The summed E-state index contributed by atoms with van der Waals surface area (Å²) in [5.74, 6) is -0.344. The fraction of sp³-hybridized carbons (Fsp3) is 0.269. The Morgan fingerprint density at radius 1 is 0.824 bits per heavy atom. The van der Waals surface area contributed by atoms with Crippen LogP contribution in [0, 0.1) is 0 Å². The van der Waals surface area contributed by atoms with E-state index < -0.39 is 12.1 Å². The smallest absolute Gasteiger partial charge is 0.359 e. The molecule has 1 aliphatic carbocycles. The van der Waals surface area contributed by atoms with E-state index in [1.165, 1.54) is 20.0 Å². The Balaban J connectivity index is 1.49. The van der Waals surface area contributed by atoms with E-state index in [9.17, 15) is 14.4 Å². The molecule has 0 aromatic heterocycles. The normalized spacial score (nSPS) is 21.0. The predicted molar refractivity (Wildman–Crippen MR) is 124 cm³/mol.